The standard InChI is InChI=1S/C20H25N3O4S2/c1-28-17-9-6-8-16(14-17)21-19(24)15-22-11-7-10-18(20(22)25)29(26,27)23-12-4-2-3-5-13-23/h6-11,14H,2-5,12-13,15H2,1H3,(H,21,24). The van der Waals surface area contributed by atoms with Crippen molar-refractivity contribution in [2.24, 2.45) is 0 Å². The van der Waals surface area contributed by atoms with Gasteiger partial charge in [-0.3, -0.25) is 9.59 Å². The van der Waals surface area contributed by atoms with Crippen LogP contribution < -0.4 is 10.9 Å². The summed E-state index contributed by atoms with van der Waals surface area (Å²) in [5.74, 6) is -0.394. The van der Waals surface area contributed by atoms with Gasteiger partial charge in [0.05, 0.1) is 0 Å². The van der Waals surface area contributed by atoms with Crippen molar-refractivity contribution < 1.29 is 13.2 Å². The Morgan fingerprint density at radius 1 is 1.10 bits per heavy atom. The first-order valence-corrected chi connectivity index (χ1v) is 12.2. The molecule has 1 N–H and O–H groups in total. The number of carbonyl (C=O) groups is 1. The van der Waals surface area contributed by atoms with Gasteiger partial charge in [-0.2, -0.15) is 4.31 Å². The number of nitrogens with one attached hydrogen (secondary N) is 1. The molecule has 156 valence electrons. The maximum Gasteiger partial charge on any atom is 0.271 e. The van der Waals surface area contributed by atoms with Crippen LogP contribution in [0.5, 0.6) is 0 Å². The summed E-state index contributed by atoms with van der Waals surface area (Å²) in [7, 11) is -3.88. The lowest BCUT2D eigenvalue weighted by molar-refractivity contribution is -0.116. The van der Waals surface area contributed by atoms with E-state index in [0.717, 1.165) is 35.1 Å². The summed E-state index contributed by atoms with van der Waals surface area (Å²) in [5.41, 5.74) is -0.0481. The van der Waals surface area contributed by atoms with Crippen LogP contribution in [0.4, 0.5) is 5.69 Å². The SMILES string of the molecule is CSc1cccc(NC(=O)Cn2cccc(S(=O)(=O)N3CCCCCC3)c2=O)c1. The van der Waals surface area contributed by atoms with Gasteiger partial charge in [0.15, 0.2) is 0 Å². The van der Waals surface area contributed by atoms with Gasteiger partial charge in [0.2, 0.25) is 15.9 Å². The van der Waals surface area contributed by atoms with Crippen molar-refractivity contribution in [1.82, 2.24) is 8.87 Å². The van der Waals surface area contributed by atoms with Crippen LogP contribution in [0.3, 0.4) is 0 Å². The van der Waals surface area contributed by atoms with E-state index in [0.29, 0.717) is 18.8 Å². The molecular formula is C20H25N3O4S2. The summed E-state index contributed by atoms with van der Waals surface area (Å²) in [6, 6.07) is 10.2. The summed E-state index contributed by atoms with van der Waals surface area (Å²) in [6.07, 6.45) is 6.93. The second-order valence-electron chi connectivity index (χ2n) is 6.90. The smallest absolute Gasteiger partial charge is 0.271 e. The van der Waals surface area contributed by atoms with Crippen LogP contribution in [-0.4, -0.2) is 42.5 Å². The van der Waals surface area contributed by atoms with Gasteiger partial charge in [0.25, 0.3) is 5.56 Å². The van der Waals surface area contributed by atoms with Crippen LogP contribution in [0.25, 0.3) is 0 Å². The van der Waals surface area contributed by atoms with Crippen LogP contribution in [0.1, 0.15) is 25.7 Å². The molecule has 2 aromatic rings. The molecule has 3 rings (SSSR count). The van der Waals surface area contributed by atoms with Gasteiger partial charge in [-0.05, 0) is 49.4 Å². The Bertz CT molecular complexity index is 1030. The minimum absolute atomic E-state index is 0.258. The predicted molar refractivity (Wildman–Crippen MR) is 115 cm³/mol. The maximum atomic E-state index is 13.0. The van der Waals surface area contributed by atoms with E-state index in [2.05, 4.69) is 5.32 Å². The Balaban J connectivity index is 1.79. The van der Waals surface area contributed by atoms with E-state index in [9.17, 15) is 18.0 Å². The molecule has 1 aromatic carbocycles. The Morgan fingerprint density at radius 2 is 1.83 bits per heavy atom. The number of anilines is 1. The third kappa shape index (κ3) is 5.29. The normalized spacial score (nSPS) is 15.6. The van der Waals surface area contributed by atoms with Crippen molar-refractivity contribution in [2.75, 3.05) is 24.7 Å². The molecule has 1 aromatic heterocycles. The molecule has 1 saturated heterocycles. The number of sulfonamides is 1. The molecule has 0 spiro atoms. The highest BCUT2D eigenvalue weighted by molar-refractivity contribution is 7.98. The van der Waals surface area contributed by atoms with Gasteiger partial charge in [-0.25, -0.2) is 8.42 Å². The fourth-order valence-electron chi connectivity index (χ4n) is 3.31. The molecule has 29 heavy (non-hydrogen) atoms. The fourth-order valence-corrected chi connectivity index (χ4v) is 5.38. The average molecular weight is 436 g/mol. The Kier molecular flexibility index (Phi) is 7.15. The number of hydrogen-bond acceptors (Lipinski definition) is 5. The zero-order chi connectivity index (χ0) is 20.9. The third-order valence-corrected chi connectivity index (χ3v) is 7.47. The lowest BCUT2D eigenvalue weighted by Gasteiger charge is -2.20. The lowest BCUT2D eigenvalue weighted by Crippen LogP contribution is -2.37. The van der Waals surface area contributed by atoms with E-state index in [-0.39, 0.29) is 11.4 Å². The van der Waals surface area contributed by atoms with Crippen LogP contribution in [0, 0.1) is 0 Å². The number of nitrogens with zero attached hydrogens (tertiary/aromatic N) is 2. The molecule has 0 radical (unpaired) electrons. The first-order chi connectivity index (χ1) is 13.9. The summed E-state index contributed by atoms with van der Waals surface area (Å²) < 4.78 is 28.5. The van der Waals surface area contributed by atoms with Crippen molar-refractivity contribution in [3.8, 4) is 0 Å². The van der Waals surface area contributed by atoms with Crippen molar-refractivity contribution in [1.29, 1.82) is 0 Å². The second kappa shape index (κ2) is 9.60. The molecule has 1 fully saturated rings. The number of pyridine rings is 1. The van der Waals surface area contributed by atoms with E-state index in [4.69, 9.17) is 0 Å². The number of amides is 1. The highest BCUT2D eigenvalue weighted by atomic mass is 32.2. The Labute approximate surface area is 175 Å². The van der Waals surface area contributed by atoms with E-state index in [1.807, 2.05) is 24.5 Å². The molecule has 0 atom stereocenters. The van der Waals surface area contributed by atoms with Crippen LogP contribution >= 0.6 is 11.8 Å². The van der Waals surface area contributed by atoms with Crippen molar-refractivity contribution in [3.63, 3.8) is 0 Å². The summed E-state index contributed by atoms with van der Waals surface area (Å²) in [5, 5.41) is 2.75. The molecule has 0 saturated carbocycles. The van der Waals surface area contributed by atoms with Gasteiger partial charge < -0.3 is 9.88 Å². The third-order valence-electron chi connectivity index (χ3n) is 4.84. The summed E-state index contributed by atoms with van der Waals surface area (Å²) in [4.78, 5) is 25.9. The minimum atomic E-state index is -3.88. The molecule has 9 heteroatoms. The maximum absolute atomic E-state index is 13.0. The minimum Gasteiger partial charge on any atom is -0.324 e. The van der Waals surface area contributed by atoms with Crippen molar-refractivity contribution >= 4 is 33.4 Å². The summed E-state index contributed by atoms with van der Waals surface area (Å²) >= 11 is 1.56. The first kappa shape index (κ1) is 21.6. The van der Waals surface area contributed by atoms with E-state index < -0.39 is 21.5 Å². The zero-order valence-electron chi connectivity index (χ0n) is 16.3. The number of benzene rings is 1. The molecule has 1 amide bonds. The first-order valence-electron chi connectivity index (χ1n) is 9.55. The number of carbonyl (C=O) groups excluding carboxylic acids is 1. The van der Waals surface area contributed by atoms with Gasteiger partial charge in [-0.1, -0.05) is 18.9 Å². The molecule has 2 heterocycles. The monoisotopic (exact) mass is 435 g/mol. The Hall–Kier alpha value is -2.10. The van der Waals surface area contributed by atoms with Gasteiger partial charge in [0, 0.05) is 29.9 Å². The lowest BCUT2D eigenvalue weighted by atomic mass is 10.2. The fraction of sp³-hybridized carbons (Fsp3) is 0.400. The average Bonchev–Trinajstić information content (AvgIpc) is 2.99. The number of hydrogen-bond donors (Lipinski definition) is 1. The number of thioether (sulfide) groups is 1. The highest BCUT2D eigenvalue weighted by Crippen LogP contribution is 2.19. The van der Waals surface area contributed by atoms with Crippen molar-refractivity contribution in [3.05, 3.63) is 52.9 Å². The molecule has 0 unspecified atom stereocenters. The highest BCUT2D eigenvalue weighted by Gasteiger charge is 2.28. The second-order valence-corrected chi connectivity index (χ2v) is 9.69. The summed E-state index contributed by atoms with van der Waals surface area (Å²) in [6.45, 7) is 0.581. The van der Waals surface area contributed by atoms with E-state index in [1.54, 1.807) is 17.8 Å². The molecule has 0 bridgehead atoms. The largest absolute Gasteiger partial charge is 0.324 e. The van der Waals surface area contributed by atoms with Gasteiger partial charge in [0.1, 0.15) is 11.4 Å². The van der Waals surface area contributed by atoms with Crippen LogP contribution in [0.15, 0.2) is 57.2 Å². The molecule has 7 nitrogen and oxygen atoms in total. The number of aromatic nitrogens is 1. The van der Waals surface area contributed by atoms with Gasteiger partial charge >= 0.3 is 0 Å². The number of rotatable bonds is 6. The molecular weight excluding hydrogens is 410 g/mol. The van der Waals surface area contributed by atoms with Crippen LogP contribution in [-0.2, 0) is 21.4 Å². The molecule has 1 aliphatic rings. The van der Waals surface area contributed by atoms with E-state index in [1.165, 1.54) is 22.6 Å². The predicted octanol–water partition coefficient (Wildman–Crippen LogP) is 2.77. The zero-order valence-corrected chi connectivity index (χ0v) is 18.0. The topological polar surface area (TPSA) is 88.5 Å². The molecule has 1 aliphatic heterocycles. The van der Waals surface area contributed by atoms with E-state index >= 15 is 0 Å². The quantitative estimate of drug-likeness (QED) is 0.705. The van der Waals surface area contributed by atoms with Crippen molar-refractivity contribution in [2.45, 2.75) is 42.0 Å². The van der Waals surface area contributed by atoms with Gasteiger partial charge in [-0.15, -0.1) is 11.8 Å². The van der Waals surface area contributed by atoms with Crippen LogP contribution in [0.2, 0.25) is 0 Å². The molecule has 0 aliphatic carbocycles. The Morgan fingerprint density at radius 3 is 2.52 bits per heavy atom.